The normalized spacial score (nSPS) is 24.9. The third-order valence-corrected chi connectivity index (χ3v) is 5.55. The summed E-state index contributed by atoms with van der Waals surface area (Å²) in [6.45, 7) is 0.760. The van der Waals surface area contributed by atoms with Crippen LogP contribution in [0, 0.1) is 0 Å². The SMILES string of the molecule is O=C1N[C@H](C(=O)N2CCCC[C@@H]2c2cc3ccccc3[nH]2)CS1. The molecule has 2 aliphatic heterocycles. The molecule has 3 heterocycles. The number of amides is 2. The molecular weight excluding hydrogens is 310 g/mol. The quantitative estimate of drug-likeness (QED) is 0.890. The summed E-state index contributed by atoms with van der Waals surface area (Å²) in [5.41, 5.74) is 2.20. The lowest BCUT2D eigenvalue weighted by molar-refractivity contribution is -0.136. The van der Waals surface area contributed by atoms with E-state index in [-0.39, 0.29) is 23.2 Å². The second kappa shape index (κ2) is 5.92. The number of fused-ring (bicyclic) bond motifs is 1. The number of nitrogens with zero attached hydrogens (tertiary/aromatic N) is 1. The van der Waals surface area contributed by atoms with Crippen LogP contribution in [0.3, 0.4) is 0 Å². The van der Waals surface area contributed by atoms with Crippen LogP contribution in [0.2, 0.25) is 0 Å². The molecular formula is C17H19N3O2S. The van der Waals surface area contributed by atoms with Gasteiger partial charge >= 0.3 is 0 Å². The van der Waals surface area contributed by atoms with E-state index >= 15 is 0 Å². The zero-order valence-corrected chi connectivity index (χ0v) is 13.6. The predicted molar refractivity (Wildman–Crippen MR) is 91.4 cm³/mol. The number of hydrogen-bond acceptors (Lipinski definition) is 3. The Hall–Kier alpha value is -1.95. The molecule has 0 radical (unpaired) electrons. The van der Waals surface area contributed by atoms with Crippen molar-refractivity contribution in [2.24, 2.45) is 0 Å². The zero-order valence-electron chi connectivity index (χ0n) is 12.7. The molecule has 1 aromatic carbocycles. The third-order valence-electron chi connectivity index (χ3n) is 4.67. The van der Waals surface area contributed by atoms with Crippen LogP contribution in [0.1, 0.15) is 31.0 Å². The van der Waals surface area contributed by atoms with Crippen molar-refractivity contribution < 1.29 is 9.59 Å². The van der Waals surface area contributed by atoms with Gasteiger partial charge in [-0.25, -0.2) is 0 Å². The Morgan fingerprint density at radius 3 is 2.91 bits per heavy atom. The van der Waals surface area contributed by atoms with Crippen LogP contribution in [0.25, 0.3) is 10.9 Å². The molecule has 120 valence electrons. The van der Waals surface area contributed by atoms with Gasteiger partial charge in [0, 0.05) is 23.5 Å². The minimum atomic E-state index is -0.377. The molecule has 0 aliphatic carbocycles. The number of likely N-dealkylation sites (tertiary alicyclic amines) is 1. The lowest BCUT2D eigenvalue weighted by Crippen LogP contribution is -2.48. The molecule has 6 heteroatoms. The van der Waals surface area contributed by atoms with Crippen molar-refractivity contribution in [1.29, 1.82) is 0 Å². The number of para-hydroxylation sites is 1. The molecule has 2 atom stereocenters. The maximum Gasteiger partial charge on any atom is 0.279 e. The first kappa shape index (κ1) is 14.6. The highest BCUT2D eigenvalue weighted by molar-refractivity contribution is 8.14. The van der Waals surface area contributed by atoms with Crippen LogP contribution in [0.5, 0.6) is 0 Å². The molecule has 0 saturated carbocycles. The molecule has 2 amide bonds. The number of carbonyl (C=O) groups is 2. The number of rotatable bonds is 2. The summed E-state index contributed by atoms with van der Waals surface area (Å²) in [6.07, 6.45) is 3.11. The molecule has 2 aliphatic rings. The summed E-state index contributed by atoms with van der Waals surface area (Å²) in [6, 6.07) is 10.0. The van der Waals surface area contributed by atoms with E-state index in [0.29, 0.717) is 5.75 Å². The molecule has 2 saturated heterocycles. The highest BCUT2D eigenvalue weighted by atomic mass is 32.2. The third kappa shape index (κ3) is 2.72. The van der Waals surface area contributed by atoms with Gasteiger partial charge in [0.2, 0.25) is 5.91 Å². The number of benzene rings is 1. The molecule has 23 heavy (non-hydrogen) atoms. The molecule has 4 rings (SSSR count). The van der Waals surface area contributed by atoms with Gasteiger partial charge in [0.1, 0.15) is 6.04 Å². The van der Waals surface area contributed by atoms with Gasteiger partial charge in [-0.15, -0.1) is 0 Å². The van der Waals surface area contributed by atoms with E-state index in [1.807, 2.05) is 17.0 Å². The van der Waals surface area contributed by atoms with Crippen molar-refractivity contribution in [3.63, 3.8) is 0 Å². The van der Waals surface area contributed by atoms with Crippen LogP contribution in [0.4, 0.5) is 4.79 Å². The van der Waals surface area contributed by atoms with Gasteiger partial charge in [0.05, 0.1) is 6.04 Å². The van der Waals surface area contributed by atoms with Gasteiger partial charge in [0.15, 0.2) is 0 Å². The summed E-state index contributed by atoms with van der Waals surface area (Å²) >= 11 is 1.19. The Morgan fingerprint density at radius 1 is 1.26 bits per heavy atom. The highest BCUT2D eigenvalue weighted by Crippen LogP contribution is 2.33. The van der Waals surface area contributed by atoms with E-state index < -0.39 is 0 Å². The lowest BCUT2D eigenvalue weighted by atomic mass is 9.98. The second-order valence-corrected chi connectivity index (χ2v) is 7.14. The molecule has 2 aromatic rings. The minimum Gasteiger partial charge on any atom is -0.357 e. The number of aromatic amines is 1. The Morgan fingerprint density at radius 2 is 2.13 bits per heavy atom. The van der Waals surface area contributed by atoms with Crippen LogP contribution in [-0.4, -0.2) is 39.4 Å². The average Bonchev–Trinajstić information content (AvgIpc) is 3.20. The van der Waals surface area contributed by atoms with Gasteiger partial charge in [-0.1, -0.05) is 30.0 Å². The predicted octanol–water partition coefficient (Wildman–Crippen LogP) is 3.05. The van der Waals surface area contributed by atoms with Gasteiger partial charge in [-0.2, -0.15) is 0 Å². The van der Waals surface area contributed by atoms with Gasteiger partial charge in [-0.3, -0.25) is 9.59 Å². The molecule has 1 aromatic heterocycles. The van der Waals surface area contributed by atoms with Gasteiger partial charge in [0.25, 0.3) is 5.24 Å². The van der Waals surface area contributed by atoms with E-state index in [9.17, 15) is 9.59 Å². The van der Waals surface area contributed by atoms with Crippen molar-refractivity contribution in [3.8, 4) is 0 Å². The van der Waals surface area contributed by atoms with Crippen molar-refractivity contribution in [3.05, 3.63) is 36.0 Å². The Balaban J connectivity index is 1.62. The fraction of sp³-hybridized carbons (Fsp3) is 0.412. The van der Waals surface area contributed by atoms with Gasteiger partial charge in [-0.05, 0) is 36.8 Å². The number of carbonyl (C=O) groups excluding carboxylic acids is 2. The lowest BCUT2D eigenvalue weighted by Gasteiger charge is -2.36. The van der Waals surface area contributed by atoms with Crippen molar-refractivity contribution >= 4 is 33.8 Å². The summed E-state index contributed by atoms with van der Waals surface area (Å²) in [5, 5.41) is 3.85. The fourth-order valence-electron chi connectivity index (χ4n) is 3.51. The maximum absolute atomic E-state index is 12.8. The van der Waals surface area contributed by atoms with E-state index in [0.717, 1.165) is 37.0 Å². The molecule has 5 nitrogen and oxygen atoms in total. The fourth-order valence-corrected chi connectivity index (χ4v) is 4.28. The number of thioether (sulfide) groups is 1. The standard InChI is InChI=1S/C17H19N3O2S/c21-16(14-10-23-17(22)19-14)20-8-4-3-7-15(20)13-9-11-5-1-2-6-12(11)18-13/h1-2,5-6,9,14-15,18H,3-4,7-8,10H2,(H,19,22)/t14-,15+/m0/s1. The Kier molecular flexibility index (Phi) is 3.77. The van der Waals surface area contributed by atoms with Crippen molar-refractivity contribution in [2.75, 3.05) is 12.3 Å². The molecule has 0 unspecified atom stereocenters. The summed E-state index contributed by atoms with van der Waals surface area (Å²) in [5.74, 6) is 0.583. The number of aromatic nitrogens is 1. The number of piperidine rings is 1. The highest BCUT2D eigenvalue weighted by Gasteiger charge is 2.36. The van der Waals surface area contributed by atoms with Crippen LogP contribution >= 0.6 is 11.8 Å². The maximum atomic E-state index is 12.8. The monoisotopic (exact) mass is 329 g/mol. The summed E-state index contributed by atoms with van der Waals surface area (Å²) in [7, 11) is 0. The first-order chi connectivity index (χ1) is 11.2. The molecule has 0 bridgehead atoms. The van der Waals surface area contributed by atoms with Crippen molar-refractivity contribution in [1.82, 2.24) is 15.2 Å². The Labute approximate surface area is 138 Å². The van der Waals surface area contributed by atoms with E-state index in [1.54, 1.807) is 0 Å². The first-order valence-corrected chi connectivity index (χ1v) is 9.02. The second-order valence-electron chi connectivity index (χ2n) is 6.15. The minimum absolute atomic E-state index is 0.0479. The van der Waals surface area contributed by atoms with Crippen LogP contribution in [0.15, 0.2) is 30.3 Å². The molecule has 0 spiro atoms. The zero-order chi connectivity index (χ0) is 15.8. The summed E-state index contributed by atoms with van der Waals surface area (Å²) < 4.78 is 0. The molecule has 2 N–H and O–H groups in total. The van der Waals surface area contributed by atoms with E-state index in [1.165, 1.54) is 17.1 Å². The topological polar surface area (TPSA) is 65.2 Å². The van der Waals surface area contributed by atoms with Crippen molar-refractivity contribution in [2.45, 2.75) is 31.3 Å². The number of nitrogens with one attached hydrogen (secondary N) is 2. The largest absolute Gasteiger partial charge is 0.357 e. The molecule has 2 fully saturated rings. The summed E-state index contributed by atoms with van der Waals surface area (Å²) in [4.78, 5) is 29.6. The Bertz CT molecular complexity index is 724. The number of H-pyrrole nitrogens is 1. The van der Waals surface area contributed by atoms with Crippen LogP contribution in [-0.2, 0) is 4.79 Å². The number of hydrogen-bond donors (Lipinski definition) is 2. The first-order valence-electron chi connectivity index (χ1n) is 8.04. The van der Waals surface area contributed by atoms with Gasteiger partial charge < -0.3 is 15.2 Å². The smallest absolute Gasteiger partial charge is 0.279 e. The average molecular weight is 329 g/mol. The van der Waals surface area contributed by atoms with Crippen LogP contribution < -0.4 is 5.32 Å². The van der Waals surface area contributed by atoms with E-state index in [4.69, 9.17) is 0 Å². The van der Waals surface area contributed by atoms with E-state index in [2.05, 4.69) is 28.5 Å².